The average molecular weight is 357 g/mol. The van der Waals surface area contributed by atoms with E-state index in [-0.39, 0.29) is 12.1 Å². The van der Waals surface area contributed by atoms with Gasteiger partial charge in [-0.25, -0.2) is 0 Å². The summed E-state index contributed by atoms with van der Waals surface area (Å²) in [6, 6.07) is 0. The molecule has 3 heteroatoms. The van der Waals surface area contributed by atoms with Crippen LogP contribution in [0.3, 0.4) is 0 Å². The third-order valence-electron chi connectivity index (χ3n) is 4.62. The van der Waals surface area contributed by atoms with E-state index >= 15 is 0 Å². The summed E-state index contributed by atoms with van der Waals surface area (Å²) >= 11 is 0. The van der Waals surface area contributed by atoms with Gasteiger partial charge in [0.1, 0.15) is 0 Å². The van der Waals surface area contributed by atoms with E-state index in [1.807, 2.05) is 0 Å². The molecule has 0 heterocycles. The molecule has 0 fully saturated rings. The van der Waals surface area contributed by atoms with E-state index < -0.39 is 0 Å². The van der Waals surface area contributed by atoms with Gasteiger partial charge < -0.3 is 9.84 Å². The van der Waals surface area contributed by atoms with E-state index in [9.17, 15) is 9.90 Å². The molecule has 0 aliphatic rings. The second-order valence-electron chi connectivity index (χ2n) is 7.95. The lowest BCUT2D eigenvalue weighted by Gasteiger charge is -2.08. The van der Waals surface area contributed by atoms with Gasteiger partial charge in [-0.3, -0.25) is 4.79 Å². The summed E-state index contributed by atoms with van der Waals surface area (Å²) in [4.78, 5) is 11.5. The molecule has 0 aromatic heterocycles. The number of esters is 1. The molecule has 3 nitrogen and oxygen atoms in total. The summed E-state index contributed by atoms with van der Waals surface area (Å²) in [6.07, 6.45) is 17.3. The highest BCUT2D eigenvalue weighted by molar-refractivity contribution is 5.69. The monoisotopic (exact) mass is 356 g/mol. The zero-order chi connectivity index (χ0) is 18.8. The minimum atomic E-state index is -0.0675. The van der Waals surface area contributed by atoms with Crippen LogP contribution in [0.15, 0.2) is 0 Å². The standard InChI is InChI=1S/C22H44O3/c1-4-16-21(23)17-14-12-10-8-6-5-7-9-11-13-15-18-22(24)25-19-20(2)3/h20-21,23H,4-19H2,1-3H3. The molecule has 25 heavy (non-hydrogen) atoms. The van der Waals surface area contributed by atoms with Crippen molar-refractivity contribution in [2.24, 2.45) is 5.92 Å². The molecule has 0 amide bonds. The number of carbonyl (C=O) groups excluding carboxylic acids is 1. The maximum atomic E-state index is 11.5. The van der Waals surface area contributed by atoms with Crippen LogP contribution in [0.4, 0.5) is 0 Å². The normalized spacial score (nSPS) is 12.5. The van der Waals surface area contributed by atoms with Crippen LogP contribution in [-0.2, 0) is 9.53 Å². The van der Waals surface area contributed by atoms with Crippen LogP contribution < -0.4 is 0 Å². The van der Waals surface area contributed by atoms with Crippen LogP contribution in [0.1, 0.15) is 117 Å². The van der Waals surface area contributed by atoms with Crippen molar-refractivity contribution in [1.82, 2.24) is 0 Å². The van der Waals surface area contributed by atoms with E-state index in [0.29, 0.717) is 18.9 Å². The van der Waals surface area contributed by atoms with E-state index in [2.05, 4.69) is 20.8 Å². The molecule has 150 valence electrons. The Hall–Kier alpha value is -0.570. The molecule has 0 aromatic rings. The third kappa shape index (κ3) is 19.6. The Morgan fingerprint density at radius 1 is 0.800 bits per heavy atom. The fourth-order valence-corrected chi connectivity index (χ4v) is 3.05. The zero-order valence-corrected chi connectivity index (χ0v) is 17.2. The highest BCUT2D eigenvalue weighted by Crippen LogP contribution is 2.14. The highest BCUT2D eigenvalue weighted by Gasteiger charge is 2.04. The van der Waals surface area contributed by atoms with E-state index in [1.165, 1.54) is 57.8 Å². The van der Waals surface area contributed by atoms with E-state index in [1.54, 1.807) is 0 Å². The average Bonchev–Trinajstić information content (AvgIpc) is 2.57. The number of aliphatic hydroxyl groups is 1. The van der Waals surface area contributed by atoms with Gasteiger partial charge in [0.2, 0.25) is 0 Å². The Morgan fingerprint density at radius 3 is 1.76 bits per heavy atom. The predicted octanol–water partition coefficient (Wildman–Crippen LogP) is 6.42. The Labute approximate surface area is 156 Å². The molecule has 0 radical (unpaired) electrons. The molecule has 0 rings (SSSR count). The lowest BCUT2D eigenvalue weighted by atomic mass is 10.0. The molecule has 0 aliphatic heterocycles. The molecule has 0 saturated carbocycles. The topological polar surface area (TPSA) is 46.5 Å². The van der Waals surface area contributed by atoms with Crippen LogP contribution >= 0.6 is 0 Å². The van der Waals surface area contributed by atoms with Gasteiger partial charge in [0, 0.05) is 6.42 Å². The van der Waals surface area contributed by atoms with Gasteiger partial charge >= 0.3 is 5.97 Å². The van der Waals surface area contributed by atoms with Crippen molar-refractivity contribution < 1.29 is 14.6 Å². The smallest absolute Gasteiger partial charge is 0.305 e. The minimum absolute atomic E-state index is 0.0316. The molecule has 0 spiro atoms. The molecule has 0 aromatic carbocycles. The number of aliphatic hydroxyl groups excluding tert-OH is 1. The summed E-state index contributed by atoms with van der Waals surface area (Å²) in [5.74, 6) is 0.396. The van der Waals surface area contributed by atoms with Gasteiger partial charge in [-0.2, -0.15) is 0 Å². The van der Waals surface area contributed by atoms with Crippen molar-refractivity contribution in [2.45, 2.75) is 123 Å². The Morgan fingerprint density at radius 2 is 1.28 bits per heavy atom. The zero-order valence-electron chi connectivity index (χ0n) is 17.2. The largest absolute Gasteiger partial charge is 0.465 e. The maximum absolute atomic E-state index is 11.5. The Balaban J connectivity index is 3.15. The number of hydrogen-bond acceptors (Lipinski definition) is 3. The van der Waals surface area contributed by atoms with E-state index in [4.69, 9.17) is 4.74 Å². The molecule has 0 aliphatic carbocycles. The van der Waals surface area contributed by atoms with Crippen LogP contribution in [-0.4, -0.2) is 23.8 Å². The van der Waals surface area contributed by atoms with Crippen molar-refractivity contribution in [3.05, 3.63) is 0 Å². The minimum Gasteiger partial charge on any atom is -0.465 e. The maximum Gasteiger partial charge on any atom is 0.305 e. The number of rotatable bonds is 18. The summed E-state index contributed by atoms with van der Waals surface area (Å²) in [6.45, 7) is 6.81. The Kier molecular flexibility index (Phi) is 17.8. The lowest BCUT2D eigenvalue weighted by molar-refractivity contribution is -0.144. The molecule has 0 bridgehead atoms. The van der Waals surface area contributed by atoms with Crippen molar-refractivity contribution in [3.63, 3.8) is 0 Å². The van der Waals surface area contributed by atoms with Crippen LogP contribution in [0.5, 0.6) is 0 Å². The van der Waals surface area contributed by atoms with Gasteiger partial charge in [0.15, 0.2) is 0 Å². The van der Waals surface area contributed by atoms with Crippen molar-refractivity contribution >= 4 is 5.97 Å². The van der Waals surface area contributed by atoms with Gasteiger partial charge in [0.25, 0.3) is 0 Å². The van der Waals surface area contributed by atoms with Crippen LogP contribution in [0, 0.1) is 5.92 Å². The second-order valence-corrected chi connectivity index (χ2v) is 7.95. The Bertz CT molecular complexity index is 289. The molecule has 1 N–H and O–H groups in total. The fraction of sp³-hybridized carbons (Fsp3) is 0.955. The molecule has 1 unspecified atom stereocenters. The molecule has 1 atom stereocenters. The number of carbonyl (C=O) groups is 1. The number of unbranched alkanes of at least 4 members (excludes halogenated alkanes) is 10. The van der Waals surface area contributed by atoms with Crippen LogP contribution in [0.2, 0.25) is 0 Å². The first-order valence-electron chi connectivity index (χ1n) is 10.9. The SMILES string of the molecule is CCCC(O)CCCCCCCCCCCCCC(=O)OCC(C)C. The third-order valence-corrected chi connectivity index (χ3v) is 4.62. The summed E-state index contributed by atoms with van der Waals surface area (Å²) in [7, 11) is 0. The van der Waals surface area contributed by atoms with Gasteiger partial charge in [0.05, 0.1) is 12.7 Å². The molecule has 0 saturated heterocycles. The van der Waals surface area contributed by atoms with Gasteiger partial charge in [-0.1, -0.05) is 91.4 Å². The highest BCUT2D eigenvalue weighted by atomic mass is 16.5. The fourth-order valence-electron chi connectivity index (χ4n) is 3.05. The summed E-state index contributed by atoms with van der Waals surface area (Å²) in [5.41, 5.74) is 0. The molecular weight excluding hydrogens is 312 g/mol. The number of hydrogen-bond donors (Lipinski definition) is 1. The van der Waals surface area contributed by atoms with Gasteiger partial charge in [-0.15, -0.1) is 0 Å². The van der Waals surface area contributed by atoms with Crippen LogP contribution in [0.25, 0.3) is 0 Å². The second kappa shape index (κ2) is 18.2. The first kappa shape index (κ1) is 24.4. The number of ether oxygens (including phenoxy) is 1. The predicted molar refractivity (Wildman–Crippen MR) is 107 cm³/mol. The summed E-state index contributed by atoms with van der Waals surface area (Å²) in [5, 5.41) is 9.66. The van der Waals surface area contributed by atoms with Gasteiger partial charge in [-0.05, 0) is 25.2 Å². The summed E-state index contributed by atoms with van der Waals surface area (Å²) < 4.78 is 5.18. The first-order chi connectivity index (χ1) is 12.1. The molecular formula is C22H44O3. The van der Waals surface area contributed by atoms with Crippen molar-refractivity contribution in [3.8, 4) is 0 Å². The first-order valence-corrected chi connectivity index (χ1v) is 10.9. The van der Waals surface area contributed by atoms with Crippen molar-refractivity contribution in [1.29, 1.82) is 0 Å². The van der Waals surface area contributed by atoms with E-state index in [0.717, 1.165) is 32.1 Å². The quantitative estimate of drug-likeness (QED) is 0.228. The lowest BCUT2D eigenvalue weighted by Crippen LogP contribution is -2.09. The van der Waals surface area contributed by atoms with Crippen molar-refractivity contribution in [2.75, 3.05) is 6.61 Å².